The predicted molar refractivity (Wildman–Crippen MR) is 54.5 cm³/mol. The monoisotopic (exact) mass is 187 g/mol. The molecule has 0 aliphatic rings. The van der Waals surface area contributed by atoms with Gasteiger partial charge in [-0.2, -0.15) is 5.16 Å². The molecule has 0 spiro atoms. The van der Waals surface area contributed by atoms with Gasteiger partial charge in [-0.15, -0.1) is 0 Å². The van der Waals surface area contributed by atoms with Gasteiger partial charge in [-0.05, 0) is 6.07 Å². The molecule has 0 amide bonds. The highest BCUT2D eigenvalue weighted by Crippen LogP contribution is 2.07. The highest BCUT2D eigenvalue weighted by molar-refractivity contribution is 5.75. The van der Waals surface area contributed by atoms with E-state index >= 15 is 0 Å². The normalized spacial score (nSPS) is 9.71. The zero-order chi connectivity index (χ0) is 9.80. The van der Waals surface area contributed by atoms with E-state index in [1.807, 2.05) is 24.3 Å². The summed E-state index contributed by atoms with van der Waals surface area (Å²) in [4.78, 5) is 11.0. The van der Waals surface area contributed by atoms with Crippen LogP contribution in [-0.4, -0.2) is 5.16 Å². The summed E-state index contributed by atoms with van der Waals surface area (Å²) in [5.74, 6) is 0. The Balaban J connectivity index is 2.88. The largest absolute Gasteiger partial charge is 0.379 e. The van der Waals surface area contributed by atoms with E-state index in [1.165, 1.54) is 6.07 Å². The van der Waals surface area contributed by atoms with Crippen molar-refractivity contribution in [3.63, 3.8) is 0 Å². The van der Waals surface area contributed by atoms with Crippen molar-refractivity contribution >= 4 is 11.0 Å². The predicted octanol–water partition coefficient (Wildman–Crippen LogP) is 2.25. The third kappa shape index (κ3) is 1.82. The van der Waals surface area contributed by atoms with E-state index in [0.717, 1.165) is 5.39 Å². The Labute approximate surface area is 80.3 Å². The summed E-state index contributed by atoms with van der Waals surface area (Å²) in [6, 6.07) is 14.2. The number of aromatic amines is 1. The number of aromatic nitrogens is 1. The van der Waals surface area contributed by atoms with Gasteiger partial charge in [0, 0.05) is 11.5 Å². The van der Waals surface area contributed by atoms with Crippen molar-refractivity contribution in [1.82, 2.24) is 5.16 Å². The molecule has 0 aliphatic carbocycles. The number of fused-ring (bicyclic) bond motifs is 1. The van der Waals surface area contributed by atoms with Crippen molar-refractivity contribution in [2.24, 2.45) is 0 Å². The molecule has 1 N–H and O–H groups in total. The molecule has 0 unspecified atom stereocenters. The fourth-order valence-corrected chi connectivity index (χ4v) is 1.15. The van der Waals surface area contributed by atoms with Crippen LogP contribution in [0.2, 0.25) is 0 Å². The maximum Gasteiger partial charge on any atom is 0.276 e. The van der Waals surface area contributed by atoms with Gasteiger partial charge in [0.05, 0.1) is 0 Å². The zero-order valence-corrected chi connectivity index (χ0v) is 7.44. The number of para-hydroxylation sites is 1. The van der Waals surface area contributed by atoms with Crippen LogP contribution in [0, 0.1) is 0 Å². The highest BCUT2D eigenvalue weighted by Gasteiger charge is 1.87. The zero-order valence-electron chi connectivity index (χ0n) is 7.44. The van der Waals surface area contributed by atoms with Gasteiger partial charge in [-0.1, -0.05) is 36.4 Å². The van der Waals surface area contributed by atoms with Crippen LogP contribution in [0.4, 0.5) is 0 Å². The van der Waals surface area contributed by atoms with Gasteiger partial charge in [0.1, 0.15) is 0 Å². The summed E-state index contributed by atoms with van der Waals surface area (Å²) < 4.78 is 5.12. The number of H-pyrrole nitrogens is 1. The number of hydrogen-bond donors (Lipinski definition) is 1. The molecule has 2 aromatic rings. The lowest BCUT2D eigenvalue weighted by Gasteiger charge is -1.87. The minimum Gasteiger partial charge on any atom is -0.379 e. The molecule has 0 bridgehead atoms. The van der Waals surface area contributed by atoms with Crippen molar-refractivity contribution in [2.75, 3.05) is 0 Å². The molecule has 3 nitrogen and oxygen atoms in total. The van der Waals surface area contributed by atoms with Crippen LogP contribution in [0.25, 0.3) is 11.0 Å². The maximum absolute atomic E-state index is 11.0. The molecule has 3 heteroatoms. The minimum absolute atomic E-state index is 0.272. The van der Waals surface area contributed by atoms with Gasteiger partial charge >= 0.3 is 0 Å². The van der Waals surface area contributed by atoms with E-state index in [4.69, 9.17) is 4.52 Å². The standard InChI is InChI=1S/C11H9NO2/c13-11-8-4-2-6-9-5-1-3-7-10(9)14-12-11/h1-8H,(H,12,13). The van der Waals surface area contributed by atoms with Gasteiger partial charge in [0.2, 0.25) is 0 Å². The Morgan fingerprint density at radius 2 is 1.57 bits per heavy atom. The first-order chi connectivity index (χ1) is 6.86. The van der Waals surface area contributed by atoms with Crippen LogP contribution in [0.5, 0.6) is 0 Å². The van der Waals surface area contributed by atoms with Crippen molar-refractivity contribution in [2.45, 2.75) is 0 Å². The quantitative estimate of drug-likeness (QED) is 0.687. The van der Waals surface area contributed by atoms with Crippen molar-refractivity contribution in [3.05, 3.63) is 58.9 Å². The van der Waals surface area contributed by atoms with E-state index in [2.05, 4.69) is 5.16 Å². The van der Waals surface area contributed by atoms with Crippen LogP contribution in [0.1, 0.15) is 0 Å². The van der Waals surface area contributed by atoms with Gasteiger partial charge < -0.3 is 4.52 Å². The van der Waals surface area contributed by atoms with E-state index in [1.54, 1.807) is 18.2 Å². The summed E-state index contributed by atoms with van der Waals surface area (Å²) in [6.45, 7) is 0. The average molecular weight is 187 g/mol. The molecule has 1 heterocycles. The Hall–Kier alpha value is -2.03. The lowest BCUT2D eigenvalue weighted by molar-refractivity contribution is 0.435. The molecule has 0 atom stereocenters. The molecular formula is C11H9NO2. The van der Waals surface area contributed by atoms with E-state index in [0.29, 0.717) is 5.58 Å². The van der Waals surface area contributed by atoms with Crippen LogP contribution < -0.4 is 5.56 Å². The molecule has 1 aromatic carbocycles. The van der Waals surface area contributed by atoms with Gasteiger partial charge in [-0.3, -0.25) is 4.79 Å². The molecule has 0 saturated carbocycles. The number of benzene rings is 1. The average Bonchev–Trinajstić information content (AvgIpc) is 2.30. The fourth-order valence-electron chi connectivity index (χ4n) is 1.15. The number of nitrogens with one attached hydrogen (secondary N) is 1. The Morgan fingerprint density at radius 3 is 2.36 bits per heavy atom. The molecule has 0 radical (unpaired) electrons. The Morgan fingerprint density at radius 1 is 0.929 bits per heavy atom. The topological polar surface area (TPSA) is 46.0 Å². The van der Waals surface area contributed by atoms with Crippen LogP contribution in [0.15, 0.2) is 57.8 Å². The molecule has 2 rings (SSSR count). The number of rotatable bonds is 0. The summed E-state index contributed by atoms with van der Waals surface area (Å²) in [6.07, 6.45) is 0. The summed E-state index contributed by atoms with van der Waals surface area (Å²) in [5.41, 5.74) is 0.368. The maximum atomic E-state index is 11.0. The SMILES string of the molecule is O=c1ccccc2ccccc2o[nH]1. The molecule has 0 aliphatic heterocycles. The summed E-state index contributed by atoms with van der Waals surface area (Å²) >= 11 is 0. The number of hydrogen-bond acceptors (Lipinski definition) is 2. The molecule has 1 aromatic heterocycles. The first kappa shape index (κ1) is 8.56. The second-order valence-corrected chi connectivity index (χ2v) is 2.82. The van der Waals surface area contributed by atoms with Crippen molar-refractivity contribution < 1.29 is 4.52 Å². The second kappa shape index (κ2) is 3.79. The fraction of sp³-hybridized carbons (Fsp3) is 0. The van der Waals surface area contributed by atoms with Crippen molar-refractivity contribution in [3.8, 4) is 0 Å². The third-order valence-corrected chi connectivity index (χ3v) is 1.82. The second-order valence-electron chi connectivity index (χ2n) is 2.82. The first-order valence-corrected chi connectivity index (χ1v) is 4.27. The Kier molecular flexibility index (Phi) is 2.32. The van der Waals surface area contributed by atoms with Gasteiger partial charge in [-0.25, -0.2) is 0 Å². The van der Waals surface area contributed by atoms with Crippen LogP contribution in [0.3, 0.4) is 0 Å². The minimum atomic E-state index is -0.272. The molecule has 14 heavy (non-hydrogen) atoms. The lowest BCUT2D eigenvalue weighted by atomic mass is 10.2. The summed E-state index contributed by atoms with van der Waals surface area (Å²) in [7, 11) is 0. The first-order valence-electron chi connectivity index (χ1n) is 4.27. The molecule has 0 fully saturated rings. The van der Waals surface area contributed by atoms with Crippen molar-refractivity contribution in [1.29, 1.82) is 0 Å². The summed E-state index contributed by atoms with van der Waals surface area (Å²) in [5, 5.41) is 3.24. The molecule has 0 saturated heterocycles. The lowest BCUT2D eigenvalue weighted by Crippen LogP contribution is -1.97. The van der Waals surface area contributed by atoms with E-state index < -0.39 is 0 Å². The Bertz CT molecular complexity index is 538. The van der Waals surface area contributed by atoms with Gasteiger partial charge in [0.15, 0.2) is 5.58 Å². The highest BCUT2D eigenvalue weighted by atomic mass is 16.5. The van der Waals surface area contributed by atoms with E-state index in [9.17, 15) is 4.79 Å². The van der Waals surface area contributed by atoms with Crippen LogP contribution in [-0.2, 0) is 0 Å². The third-order valence-electron chi connectivity index (χ3n) is 1.82. The van der Waals surface area contributed by atoms with Gasteiger partial charge in [0.25, 0.3) is 5.56 Å². The molecule has 70 valence electrons. The van der Waals surface area contributed by atoms with Crippen LogP contribution >= 0.6 is 0 Å². The molecular weight excluding hydrogens is 178 g/mol. The van der Waals surface area contributed by atoms with E-state index in [-0.39, 0.29) is 5.56 Å². The smallest absolute Gasteiger partial charge is 0.276 e.